The minimum atomic E-state index is -0.646. The average Bonchev–Trinajstić information content (AvgIpc) is 2.80. The molecule has 0 bridgehead atoms. The number of benzene rings is 2. The van der Waals surface area contributed by atoms with E-state index in [1.54, 1.807) is 0 Å². The van der Waals surface area contributed by atoms with E-state index in [2.05, 4.69) is 49.7 Å². The number of hydrogen-bond acceptors (Lipinski definition) is 4. The molecular formula is C28H36ClN3O. The molecule has 0 saturated carbocycles. The average molecular weight is 466 g/mol. The maximum Gasteiger partial charge on any atom is 0.142 e. The molecule has 0 aliphatic carbocycles. The van der Waals surface area contributed by atoms with Crippen LogP contribution in [0, 0.1) is 18.8 Å². The number of nitrogens with zero attached hydrogens (tertiary/aromatic N) is 1. The van der Waals surface area contributed by atoms with E-state index in [-0.39, 0.29) is 0 Å². The van der Waals surface area contributed by atoms with Crippen molar-refractivity contribution in [3.05, 3.63) is 104 Å². The molecule has 4 nitrogen and oxygen atoms in total. The summed E-state index contributed by atoms with van der Waals surface area (Å²) in [6, 6.07) is 11.2. The molecule has 0 aliphatic rings. The number of likely N-dealkylation sites (N-methyl/N-ethyl adjacent to an activating group) is 1. The predicted molar refractivity (Wildman–Crippen MR) is 142 cm³/mol. The third-order valence-electron chi connectivity index (χ3n) is 6.31. The number of hydrogen-bond donors (Lipinski definition) is 2. The molecule has 2 aromatic carbocycles. The number of allylic oxidation sites excluding steroid dienone is 1. The zero-order valence-corrected chi connectivity index (χ0v) is 21.4. The van der Waals surface area contributed by atoms with Gasteiger partial charge in [-0.1, -0.05) is 73.1 Å². The zero-order chi connectivity index (χ0) is 24.7. The molecule has 0 aromatic heterocycles. The van der Waals surface area contributed by atoms with Gasteiger partial charge in [0, 0.05) is 28.0 Å². The van der Waals surface area contributed by atoms with Gasteiger partial charge in [-0.05, 0) is 81.1 Å². The highest BCUT2D eigenvalue weighted by molar-refractivity contribution is 6.31. The smallest absolute Gasteiger partial charge is 0.142 e. The van der Waals surface area contributed by atoms with E-state index in [0.29, 0.717) is 11.1 Å². The van der Waals surface area contributed by atoms with E-state index in [1.807, 2.05) is 57.3 Å². The first-order valence-electron chi connectivity index (χ1n) is 11.3. The van der Waals surface area contributed by atoms with Crippen molar-refractivity contribution in [2.75, 3.05) is 7.05 Å². The van der Waals surface area contributed by atoms with Gasteiger partial charge >= 0.3 is 0 Å². The monoisotopic (exact) mass is 465 g/mol. The number of aryl methyl sites for hydroxylation is 2. The quantitative estimate of drug-likeness (QED) is 0.265. The van der Waals surface area contributed by atoms with Gasteiger partial charge in [0.2, 0.25) is 0 Å². The lowest BCUT2D eigenvalue weighted by Gasteiger charge is -2.22. The van der Waals surface area contributed by atoms with Gasteiger partial charge in [0.25, 0.3) is 0 Å². The van der Waals surface area contributed by atoms with Crippen molar-refractivity contribution in [1.82, 2.24) is 10.6 Å². The van der Waals surface area contributed by atoms with Crippen LogP contribution in [0.25, 0.3) is 5.70 Å². The zero-order valence-electron chi connectivity index (χ0n) is 20.7. The lowest BCUT2D eigenvalue weighted by atomic mass is 9.94. The van der Waals surface area contributed by atoms with Gasteiger partial charge in [-0.25, -0.2) is 0 Å². The molecule has 0 heterocycles. The third kappa shape index (κ3) is 6.43. The predicted octanol–water partition coefficient (Wildman–Crippen LogP) is 7.61. The maximum absolute atomic E-state index is 11.8. The summed E-state index contributed by atoms with van der Waals surface area (Å²) in [5.41, 5.74) is 8.41. The van der Waals surface area contributed by atoms with Crippen LogP contribution in [-0.2, 0) is 0 Å². The second kappa shape index (κ2) is 12.0. The van der Waals surface area contributed by atoms with E-state index < -0.39 is 6.04 Å². The summed E-state index contributed by atoms with van der Waals surface area (Å²) in [4.78, 5) is 11.8. The molecular weight excluding hydrogens is 430 g/mol. The van der Waals surface area contributed by atoms with Crippen LogP contribution in [0.15, 0.2) is 71.6 Å². The Morgan fingerprint density at radius 2 is 1.67 bits per heavy atom. The number of halogens is 1. The van der Waals surface area contributed by atoms with E-state index in [0.717, 1.165) is 57.6 Å². The molecule has 0 radical (unpaired) electrons. The van der Waals surface area contributed by atoms with Crippen molar-refractivity contribution in [3.63, 3.8) is 0 Å². The summed E-state index contributed by atoms with van der Waals surface area (Å²) in [5.74, 6) is 0. The minimum Gasteiger partial charge on any atom is -0.356 e. The summed E-state index contributed by atoms with van der Waals surface area (Å²) in [6.07, 6.45) is 2.17. The lowest BCUT2D eigenvalue weighted by Crippen LogP contribution is -2.27. The molecule has 176 valence electrons. The minimum absolute atomic E-state index is 0.313. The Balaban J connectivity index is 2.32. The maximum atomic E-state index is 11.8. The Morgan fingerprint density at radius 1 is 1.06 bits per heavy atom. The topological polar surface area (TPSA) is 53.5 Å². The molecule has 33 heavy (non-hydrogen) atoms. The summed E-state index contributed by atoms with van der Waals surface area (Å²) in [5, 5.41) is 10.8. The van der Waals surface area contributed by atoms with Crippen LogP contribution in [0.3, 0.4) is 0 Å². The first-order chi connectivity index (χ1) is 15.6. The Morgan fingerprint density at radius 3 is 2.21 bits per heavy atom. The standard InChI is InChI=1S/C28H36ClN3O/c1-9-10-27(30-8)20(5)19(4)21(6)31-22(7)25-15-23(13-11-17(25)2)28(32-33)24-14-12-18(3)26(29)16-24/h11-16,27-28,30-31H,6-7,9-10H2,1-5,8H3/b20-19+. The van der Waals surface area contributed by atoms with E-state index in [1.165, 1.54) is 5.57 Å². The number of rotatable bonds is 11. The fourth-order valence-corrected chi connectivity index (χ4v) is 4.13. The first-order valence-corrected chi connectivity index (χ1v) is 11.7. The Bertz CT molecular complexity index is 1070. The van der Waals surface area contributed by atoms with Crippen molar-refractivity contribution < 1.29 is 0 Å². The summed E-state index contributed by atoms with van der Waals surface area (Å²) in [6.45, 7) is 18.9. The number of nitrogens with one attached hydrogen (secondary N) is 2. The Hall–Kier alpha value is -2.69. The van der Waals surface area contributed by atoms with E-state index >= 15 is 0 Å². The molecule has 0 saturated heterocycles. The molecule has 2 atom stereocenters. The molecule has 0 spiro atoms. The van der Waals surface area contributed by atoms with Crippen molar-refractivity contribution in [2.24, 2.45) is 5.18 Å². The molecule has 0 fully saturated rings. The van der Waals surface area contributed by atoms with Gasteiger partial charge in [-0.3, -0.25) is 0 Å². The van der Waals surface area contributed by atoms with E-state index in [9.17, 15) is 4.91 Å². The molecule has 0 aliphatic heterocycles. The molecule has 0 amide bonds. The SMILES string of the molecule is C=C(NC(=C)c1cc(C(N=O)c2ccc(C)c(Cl)c2)ccc1C)/C(C)=C(\C)C(CCC)NC. The Labute approximate surface area is 203 Å². The van der Waals surface area contributed by atoms with Crippen molar-refractivity contribution in [2.45, 2.75) is 59.5 Å². The highest BCUT2D eigenvalue weighted by Gasteiger charge is 2.18. The van der Waals surface area contributed by atoms with Gasteiger partial charge in [-0.2, -0.15) is 0 Å². The molecule has 2 unspecified atom stereocenters. The largest absolute Gasteiger partial charge is 0.356 e. The van der Waals surface area contributed by atoms with Crippen molar-refractivity contribution >= 4 is 17.3 Å². The number of nitroso groups, excluding NO2 is 1. The molecule has 5 heteroatoms. The van der Waals surface area contributed by atoms with Gasteiger partial charge in [-0.15, -0.1) is 4.91 Å². The summed E-state index contributed by atoms with van der Waals surface area (Å²) in [7, 11) is 1.99. The van der Waals surface area contributed by atoms with Crippen LogP contribution in [0.5, 0.6) is 0 Å². The second-order valence-corrected chi connectivity index (χ2v) is 9.02. The lowest BCUT2D eigenvalue weighted by molar-refractivity contribution is 0.574. The third-order valence-corrected chi connectivity index (χ3v) is 6.72. The van der Waals surface area contributed by atoms with Gasteiger partial charge in [0.1, 0.15) is 6.04 Å². The van der Waals surface area contributed by atoms with Crippen LogP contribution < -0.4 is 10.6 Å². The first kappa shape index (κ1) is 26.6. The van der Waals surface area contributed by atoms with Crippen LogP contribution >= 0.6 is 11.6 Å². The normalized spacial score (nSPS) is 13.7. The van der Waals surface area contributed by atoms with Gasteiger partial charge in [0.15, 0.2) is 0 Å². The van der Waals surface area contributed by atoms with Gasteiger partial charge < -0.3 is 10.6 Å². The van der Waals surface area contributed by atoms with Crippen molar-refractivity contribution in [1.29, 1.82) is 0 Å². The highest BCUT2D eigenvalue weighted by Crippen LogP contribution is 2.31. The highest BCUT2D eigenvalue weighted by atomic mass is 35.5. The molecule has 2 N–H and O–H groups in total. The van der Waals surface area contributed by atoms with Crippen molar-refractivity contribution in [3.8, 4) is 0 Å². The fraction of sp³-hybridized carbons (Fsp3) is 0.357. The van der Waals surface area contributed by atoms with Crippen LogP contribution in [0.2, 0.25) is 5.02 Å². The summed E-state index contributed by atoms with van der Waals surface area (Å²) < 4.78 is 0. The fourth-order valence-electron chi connectivity index (χ4n) is 3.94. The molecule has 2 rings (SSSR count). The Kier molecular flexibility index (Phi) is 9.63. The van der Waals surface area contributed by atoms with Gasteiger partial charge in [0.05, 0.1) is 0 Å². The van der Waals surface area contributed by atoms with E-state index in [4.69, 9.17) is 11.6 Å². The molecule has 2 aromatic rings. The van der Waals surface area contributed by atoms with Crippen LogP contribution in [0.1, 0.15) is 67.5 Å². The van der Waals surface area contributed by atoms with Crippen LogP contribution in [-0.4, -0.2) is 13.1 Å². The summed E-state index contributed by atoms with van der Waals surface area (Å²) >= 11 is 6.29. The second-order valence-electron chi connectivity index (χ2n) is 8.61. The van der Waals surface area contributed by atoms with Crippen LogP contribution in [0.4, 0.5) is 0 Å².